The molecule has 0 spiro atoms. The maximum atomic E-state index is 13.5. The number of hydrogen-bond acceptors (Lipinski definition) is 7. The molecule has 166 valence electrons. The largest absolute Gasteiger partial charge is 0.347 e. The standard InChI is InChI=1S/C21H23F2N9/c1-30-4-6-31(7-5-30)21-28-19-13(12-2-3-12)10-25-32(19)20(29-21)24-11-18-26-16-8-14(22)15(23)9-17(16)27-18/h8-10,12H,2-7,11H2,1H3,(H,26,27)(H,24,28,29). The number of rotatable bonds is 5. The molecule has 0 unspecified atom stereocenters. The van der Waals surface area contributed by atoms with Crippen LogP contribution < -0.4 is 10.2 Å². The normalized spacial score (nSPS) is 17.5. The Morgan fingerprint density at radius 2 is 1.84 bits per heavy atom. The van der Waals surface area contributed by atoms with Gasteiger partial charge in [0.2, 0.25) is 11.9 Å². The van der Waals surface area contributed by atoms with Gasteiger partial charge in [0.25, 0.3) is 0 Å². The lowest BCUT2D eigenvalue weighted by atomic mass is 10.2. The highest BCUT2D eigenvalue weighted by Gasteiger charge is 2.29. The molecule has 11 heteroatoms. The molecule has 1 saturated carbocycles. The van der Waals surface area contributed by atoms with Crippen LogP contribution in [-0.2, 0) is 6.54 Å². The lowest BCUT2D eigenvalue weighted by Gasteiger charge is -2.32. The second-order valence-corrected chi connectivity index (χ2v) is 8.57. The summed E-state index contributed by atoms with van der Waals surface area (Å²) in [6.45, 7) is 3.93. The van der Waals surface area contributed by atoms with Crippen molar-refractivity contribution in [2.75, 3.05) is 43.4 Å². The van der Waals surface area contributed by atoms with E-state index < -0.39 is 11.6 Å². The Labute approximate surface area is 182 Å². The first kappa shape index (κ1) is 19.4. The molecule has 3 aromatic heterocycles. The van der Waals surface area contributed by atoms with Crippen molar-refractivity contribution in [1.82, 2.24) is 34.4 Å². The zero-order valence-corrected chi connectivity index (χ0v) is 17.6. The van der Waals surface area contributed by atoms with Gasteiger partial charge in [-0.15, -0.1) is 0 Å². The van der Waals surface area contributed by atoms with Crippen LogP contribution in [0.4, 0.5) is 20.7 Å². The van der Waals surface area contributed by atoms with E-state index in [4.69, 9.17) is 9.97 Å². The predicted molar refractivity (Wildman–Crippen MR) is 116 cm³/mol. The van der Waals surface area contributed by atoms with Crippen LogP contribution in [0.15, 0.2) is 18.3 Å². The van der Waals surface area contributed by atoms with Gasteiger partial charge in [-0.3, -0.25) is 0 Å². The summed E-state index contributed by atoms with van der Waals surface area (Å²) in [5.74, 6) is 0.488. The molecule has 2 fully saturated rings. The highest BCUT2D eigenvalue weighted by atomic mass is 19.2. The Morgan fingerprint density at radius 3 is 2.62 bits per heavy atom. The molecule has 32 heavy (non-hydrogen) atoms. The van der Waals surface area contributed by atoms with Gasteiger partial charge in [0.05, 0.1) is 23.8 Å². The number of aromatic nitrogens is 6. The van der Waals surface area contributed by atoms with E-state index in [2.05, 4.69) is 37.2 Å². The highest BCUT2D eigenvalue weighted by molar-refractivity contribution is 5.75. The van der Waals surface area contributed by atoms with Gasteiger partial charge in [-0.1, -0.05) is 0 Å². The van der Waals surface area contributed by atoms with Crippen molar-refractivity contribution >= 4 is 28.6 Å². The fraction of sp³-hybridized carbons (Fsp3) is 0.429. The SMILES string of the molecule is CN1CCN(c2nc(NCc3nc4cc(F)c(F)cc4[nH]3)n3ncc(C4CC4)c3n2)CC1. The minimum absolute atomic E-state index is 0.296. The molecule has 0 atom stereocenters. The Kier molecular flexibility index (Phi) is 4.46. The van der Waals surface area contributed by atoms with Crippen molar-refractivity contribution in [3.05, 3.63) is 41.4 Å². The van der Waals surface area contributed by atoms with E-state index in [1.165, 1.54) is 0 Å². The molecule has 1 aromatic carbocycles. The Morgan fingerprint density at radius 1 is 1.06 bits per heavy atom. The zero-order chi connectivity index (χ0) is 21.8. The molecule has 0 bridgehead atoms. The monoisotopic (exact) mass is 439 g/mol. The number of halogens is 2. The number of benzene rings is 1. The number of nitrogens with zero attached hydrogens (tertiary/aromatic N) is 7. The van der Waals surface area contributed by atoms with Gasteiger partial charge in [0.1, 0.15) is 5.82 Å². The maximum Gasteiger partial charge on any atom is 0.230 e. The molecule has 0 amide bonds. The first-order chi connectivity index (χ1) is 15.5. The van der Waals surface area contributed by atoms with Crippen molar-refractivity contribution in [1.29, 1.82) is 0 Å². The molecule has 4 aromatic rings. The minimum Gasteiger partial charge on any atom is -0.347 e. The van der Waals surface area contributed by atoms with Crippen LogP contribution in [0.3, 0.4) is 0 Å². The molecule has 1 saturated heterocycles. The molecule has 9 nitrogen and oxygen atoms in total. The molecule has 6 rings (SSSR count). The van der Waals surface area contributed by atoms with E-state index >= 15 is 0 Å². The van der Waals surface area contributed by atoms with Crippen LogP contribution in [0, 0.1) is 11.6 Å². The fourth-order valence-corrected chi connectivity index (χ4v) is 4.13. The van der Waals surface area contributed by atoms with Crippen molar-refractivity contribution < 1.29 is 8.78 Å². The number of hydrogen-bond donors (Lipinski definition) is 2. The van der Waals surface area contributed by atoms with Gasteiger partial charge in [0, 0.05) is 43.9 Å². The number of aromatic amines is 1. The summed E-state index contributed by atoms with van der Waals surface area (Å²) in [4.78, 5) is 21.5. The first-order valence-corrected chi connectivity index (χ1v) is 10.8. The molecular formula is C21H23F2N9. The summed E-state index contributed by atoms with van der Waals surface area (Å²) in [6.07, 6.45) is 4.20. The fourth-order valence-electron chi connectivity index (χ4n) is 4.13. The summed E-state index contributed by atoms with van der Waals surface area (Å²) >= 11 is 0. The molecule has 1 aliphatic heterocycles. The van der Waals surface area contributed by atoms with Crippen LogP contribution in [-0.4, -0.2) is 67.7 Å². The van der Waals surface area contributed by atoms with Gasteiger partial charge < -0.3 is 20.1 Å². The van der Waals surface area contributed by atoms with Crippen molar-refractivity contribution in [3.63, 3.8) is 0 Å². The van der Waals surface area contributed by atoms with Crippen LogP contribution >= 0.6 is 0 Å². The summed E-state index contributed by atoms with van der Waals surface area (Å²) in [7, 11) is 2.11. The van der Waals surface area contributed by atoms with Gasteiger partial charge >= 0.3 is 0 Å². The number of H-pyrrole nitrogens is 1. The van der Waals surface area contributed by atoms with Crippen molar-refractivity contribution in [3.8, 4) is 0 Å². The second-order valence-electron chi connectivity index (χ2n) is 8.57. The van der Waals surface area contributed by atoms with Crippen LogP contribution in [0.1, 0.15) is 30.1 Å². The third-order valence-electron chi connectivity index (χ3n) is 6.17. The third kappa shape index (κ3) is 3.42. The quantitative estimate of drug-likeness (QED) is 0.494. The maximum absolute atomic E-state index is 13.5. The second kappa shape index (κ2) is 7.37. The number of imidazole rings is 1. The minimum atomic E-state index is -0.915. The van der Waals surface area contributed by atoms with Gasteiger partial charge in [0.15, 0.2) is 17.3 Å². The lowest BCUT2D eigenvalue weighted by Crippen LogP contribution is -2.45. The van der Waals surface area contributed by atoms with Crippen molar-refractivity contribution in [2.45, 2.75) is 25.3 Å². The topological polar surface area (TPSA) is 90.3 Å². The number of likely N-dealkylation sites (N-methyl/N-ethyl adjacent to an activating group) is 1. The zero-order valence-electron chi connectivity index (χ0n) is 17.6. The average molecular weight is 439 g/mol. The van der Waals surface area contributed by atoms with Crippen LogP contribution in [0.25, 0.3) is 16.7 Å². The van der Waals surface area contributed by atoms with E-state index in [0.29, 0.717) is 41.2 Å². The Bertz CT molecular complexity index is 1260. The highest BCUT2D eigenvalue weighted by Crippen LogP contribution is 2.42. The number of anilines is 2. The van der Waals surface area contributed by atoms with E-state index in [0.717, 1.165) is 62.4 Å². The molecule has 0 radical (unpaired) electrons. The first-order valence-electron chi connectivity index (χ1n) is 10.8. The Hall–Kier alpha value is -3.34. The molecule has 2 N–H and O–H groups in total. The lowest BCUT2D eigenvalue weighted by molar-refractivity contribution is 0.311. The van der Waals surface area contributed by atoms with Gasteiger partial charge in [-0.05, 0) is 25.8 Å². The van der Waals surface area contributed by atoms with Crippen LogP contribution in [0.5, 0.6) is 0 Å². The molecular weight excluding hydrogens is 416 g/mol. The molecule has 2 aliphatic rings. The van der Waals surface area contributed by atoms with E-state index in [1.807, 2.05) is 6.20 Å². The summed E-state index contributed by atoms with van der Waals surface area (Å²) < 4.78 is 28.8. The van der Waals surface area contributed by atoms with E-state index in [9.17, 15) is 8.78 Å². The average Bonchev–Trinajstić information content (AvgIpc) is 3.42. The number of fused-ring (bicyclic) bond motifs is 2. The van der Waals surface area contributed by atoms with E-state index in [1.54, 1.807) is 4.52 Å². The van der Waals surface area contributed by atoms with E-state index in [-0.39, 0.29) is 0 Å². The Balaban J connectivity index is 1.33. The smallest absolute Gasteiger partial charge is 0.230 e. The van der Waals surface area contributed by atoms with Gasteiger partial charge in [-0.25, -0.2) is 13.8 Å². The summed E-state index contributed by atoms with van der Waals surface area (Å²) in [5.41, 5.74) is 2.80. The molecule has 1 aliphatic carbocycles. The van der Waals surface area contributed by atoms with Gasteiger partial charge in [-0.2, -0.15) is 19.6 Å². The number of nitrogens with one attached hydrogen (secondary N) is 2. The molecule has 4 heterocycles. The summed E-state index contributed by atoms with van der Waals surface area (Å²) in [6, 6.07) is 2.21. The number of piperazine rings is 1. The van der Waals surface area contributed by atoms with Crippen molar-refractivity contribution in [2.24, 2.45) is 0 Å². The third-order valence-corrected chi connectivity index (χ3v) is 6.17. The predicted octanol–water partition coefficient (Wildman–Crippen LogP) is 2.52. The van der Waals surface area contributed by atoms with Crippen LogP contribution in [0.2, 0.25) is 0 Å². The summed E-state index contributed by atoms with van der Waals surface area (Å²) in [5, 5.41) is 7.82.